The average Bonchev–Trinajstić information content (AvgIpc) is 2.98. The summed E-state index contributed by atoms with van der Waals surface area (Å²) in [6.45, 7) is 1.98. The third-order valence-corrected chi connectivity index (χ3v) is 2.88. The number of hydrogen-bond donors (Lipinski definition) is 2. The molecule has 18 heavy (non-hydrogen) atoms. The fraction of sp³-hybridized carbons (Fsp3) is 0.0769. The number of imidazole rings is 1. The van der Waals surface area contributed by atoms with Gasteiger partial charge in [-0.05, 0) is 24.6 Å². The van der Waals surface area contributed by atoms with Gasteiger partial charge in [-0.2, -0.15) is 5.10 Å². The van der Waals surface area contributed by atoms with Crippen LogP contribution in [-0.2, 0) is 0 Å². The Morgan fingerprint density at radius 3 is 2.56 bits per heavy atom. The molecule has 5 heteroatoms. The van der Waals surface area contributed by atoms with Crippen LogP contribution in [0.5, 0.6) is 0 Å². The lowest BCUT2D eigenvalue weighted by Crippen LogP contribution is -1.94. The zero-order valence-corrected chi connectivity index (χ0v) is 9.96. The van der Waals surface area contributed by atoms with E-state index in [1.165, 1.54) is 0 Å². The minimum atomic E-state index is 0.500. The number of nitrogens with zero attached hydrogens (tertiary/aromatic N) is 3. The van der Waals surface area contributed by atoms with E-state index in [9.17, 15) is 0 Å². The highest BCUT2D eigenvalue weighted by Gasteiger charge is 2.03. The van der Waals surface area contributed by atoms with Crippen molar-refractivity contribution in [3.05, 3.63) is 48.5 Å². The molecule has 3 rings (SSSR count). The van der Waals surface area contributed by atoms with Crippen LogP contribution in [0.1, 0.15) is 5.82 Å². The third kappa shape index (κ3) is 1.75. The van der Waals surface area contributed by atoms with E-state index in [2.05, 4.69) is 15.2 Å². The summed E-state index contributed by atoms with van der Waals surface area (Å²) in [7, 11) is 0. The van der Waals surface area contributed by atoms with Crippen LogP contribution in [0.4, 0.5) is 5.82 Å². The lowest BCUT2D eigenvalue weighted by molar-refractivity contribution is 0.975. The zero-order valence-electron chi connectivity index (χ0n) is 9.96. The van der Waals surface area contributed by atoms with Gasteiger partial charge in [-0.3, -0.25) is 5.10 Å². The zero-order chi connectivity index (χ0) is 12.5. The third-order valence-electron chi connectivity index (χ3n) is 2.88. The van der Waals surface area contributed by atoms with Gasteiger partial charge in [-0.1, -0.05) is 12.1 Å². The number of hydrogen-bond acceptors (Lipinski definition) is 3. The Kier molecular flexibility index (Phi) is 2.37. The number of aromatic nitrogens is 4. The minimum absolute atomic E-state index is 0.500. The van der Waals surface area contributed by atoms with Gasteiger partial charge in [0.1, 0.15) is 11.6 Å². The van der Waals surface area contributed by atoms with Crippen LogP contribution in [0.15, 0.2) is 42.7 Å². The molecule has 0 aliphatic heterocycles. The van der Waals surface area contributed by atoms with Crippen LogP contribution < -0.4 is 5.73 Å². The van der Waals surface area contributed by atoms with Crippen molar-refractivity contribution in [1.82, 2.24) is 19.7 Å². The Labute approximate surface area is 104 Å². The first-order chi connectivity index (χ1) is 8.74. The smallest absolute Gasteiger partial charge is 0.145 e. The highest BCUT2D eigenvalue weighted by molar-refractivity contribution is 5.63. The van der Waals surface area contributed by atoms with Crippen molar-refractivity contribution in [3.8, 4) is 16.9 Å². The summed E-state index contributed by atoms with van der Waals surface area (Å²) >= 11 is 0. The molecule has 0 unspecified atom stereocenters. The lowest BCUT2D eigenvalue weighted by atomic mass is 10.1. The number of benzene rings is 1. The molecular weight excluding hydrogens is 226 g/mol. The number of rotatable bonds is 2. The van der Waals surface area contributed by atoms with Gasteiger partial charge in [0.05, 0.1) is 5.69 Å². The Balaban J connectivity index is 1.97. The number of nitrogens with two attached hydrogens (primary N) is 1. The fourth-order valence-electron chi connectivity index (χ4n) is 1.94. The van der Waals surface area contributed by atoms with Crippen molar-refractivity contribution >= 4 is 5.82 Å². The Hall–Kier alpha value is -2.56. The van der Waals surface area contributed by atoms with Crippen molar-refractivity contribution in [2.24, 2.45) is 0 Å². The van der Waals surface area contributed by atoms with Gasteiger partial charge < -0.3 is 10.3 Å². The predicted octanol–water partition coefficient (Wildman–Crippen LogP) is 2.15. The fourth-order valence-corrected chi connectivity index (χ4v) is 1.94. The van der Waals surface area contributed by atoms with Crippen molar-refractivity contribution in [3.63, 3.8) is 0 Å². The summed E-state index contributed by atoms with van der Waals surface area (Å²) in [4.78, 5) is 4.21. The van der Waals surface area contributed by atoms with Crippen LogP contribution in [0.3, 0.4) is 0 Å². The molecule has 0 saturated carbocycles. The molecule has 0 atom stereocenters. The van der Waals surface area contributed by atoms with Gasteiger partial charge in [-0.25, -0.2) is 4.98 Å². The largest absolute Gasteiger partial charge is 0.382 e. The van der Waals surface area contributed by atoms with Crippen molar-refractivity contribution in [2.75, 3.05) is 5.73 Å². The standard InChI is InChI=1S/C13H13N5/c1-9-15-6-7-18(9)11-4-2-10(3-5-11)12-8-13(14)17-16-12/h2-8H,1H3,(H3,14,16,17). The monoisotopic (exact) mass is 239 g/mol. The second kappa shape index (κ2) is 4.03. The molecule has 0 fully saturated rings. The van der Waals surface area contributed by atoms with E-state index in [-0.39, 0.29) is 0 Å². The topological polar surface area (TPSA) is 72.5 Å². The molecule has 0 aliphatic rings. The van der Waals surface area contributed by atoms with Gasteiger partial charge in [0.2, 0.25) is 0 Å². The molecule has 90 valence electrons. The Bertz CT molecular complexity index is 663. The molecule has 1 aromatic carbocycles. The maximum absolute atomic E-state index is 5.59. The number of aromatic amines is 1. The average molecular weight is 239 g/mol. The highest BCUT2D eigenvalue weighted by Crippen LogP contribution is 2.20. The number of anilines is 1. The molecule has 0 spiro atoms. The number of H-pyrrole nitrogens is 1. The van der Waals surface area contributed by atoms with Crippen LogP contribution in [0, 0.1) is 6.92 Å². The summed E-state index contributed by atoms with van der Waals surface area (Å²) in [5.41, 5.74) is 8.65. The molecule has 0 bridgehead atoms. The molecule has 5 nitrogen and oxygen atoms in total. The van der Waals surface area contributed by atoms with E-state index in [0.29, 0.717) is 5.82 Å². The summed E-state index contributed by atoms with van der Waals surface area (Å²) < 4.78 is 2.03. The number of nitrogen functional groups attached to an aromatic ring is 1. The predicted molar refractivity (Wildman–Crippen MR) is 70.3 cm³/mol. The number of nitrogens with one attached hydrogen (secondary N) is 1. The van der Waals surface area contributed by atoms with Crippen molar-refractivity contribution in [2.45, 2.75) is 6.92 Å². The first-order valence-corrected chi connectivity index (χ1v) is 5.66. The lowest BCUT2D eigenvalue weighted by Gasteiger charge is -2.05. The van der Waals surface area contributed by atoms with Crippen LogP contribution in [-0.4, -0.2) is 19.7 Å². The summed E-state index contributed by atoms with van der Waals surface area (Å²) in [5.74, 6) is 1.47. The maximum atomic E-state index is 5.59. The van der Waals surface area contributed by atoms with E-state index < -0.39 is 0 Å². The van der Waals surface area contributed by atoms with Crippen LogP contribution in [0.2, 0.25) is 0 Å². The molecule has 3 aromatic rings. The van der Waals surface area contributed by atoms with Gasteiger partial charge in [-0.15, -0.1) is 0 Å². The second-order valence-corrected chi connectivity index (χ2v) is 4.10. The van der Waals surface area contributed by atoms with Gasteiger partial charge in [0.25, 0.3) is 0 Å². The van der Waals surface area contributed by atoms with Gasteiger partial charge >= 0.3 is 0 Å². The van der Waals surface area contributed by atoms with E-state index in [0.717, 1.165) is 22.8 Å². The Morgan fingerprint density at radius 2 is 2.00 bits per heavy atom. The normalized spacial score (nSPS) is 10.7. The summed E-state index contributed by atoms with van der Waals surface area (Å²) in [6.07, 6.45) is 3.73. The van der Waals surface area contributed by atoms with E-state index in [4.69, 9.17) is 5.73 Å². The molecule has 3 N–H and O–H groups in total. The summed E-state index contributed by atoms with van der Waals surface area (Å²) in [6, 6.07) is 9.96. The van der Waals surface area contributed by atoms with E-state index >= 15 is 0 Å². The molecule has 0 amide bonds. The van der Waals surface area contributed by atoms with E-state index in [1.54, 1.807) is 6.20 Å². The molecule has 2 heterocycles. The summed E-state index contributed by atoms with van der Waals surface area (Å²) in [5, 5.41) is 6.81. The highest BCUT2D eigenvalue weighted by atomic mass is 15.2. The first kappa shape index (κ1) is 10.6. The van der Waals surface area contributed by atoms with Crippen molar-refractivity contribution in [1.29, 1.82) is 0 Å². The SMILES string of the molecule is Cc1nccn1-c1ccc(-c2cc(N)n[nH]2)cc1. The molecular formula is C13H13N5. The first-order valence-electron chi connectivity index (χ1n) is 5.66. The van der Waals surface area contributed by atoms with Crippen LogP contribution >= 0.6 is 0 Å². The van der Waals surface area contributed by atoms with E-state index in [1.807, 2.05) is 48.0 Å². The molecule has 2 aromatic heterocycles. The van der Waals surface area contributed by atoms with Crippen LogP contribution in [0.25, 0.3) is 16.9 Å². The molecule has 0 aliphatic carbocycles. The maximum Gasteiger partial charge on any atom is 0.145 e. The Morgan fingerprint density at radius 1 is 1.22 bits per heavy atom. The van der Waals surface area contributed by atoms with Gasteiger partial charge in [0, 0.05) is 24.1 Å². The quantitative estimate of drug-likeness (QED) is 0.719. The minimum Gasteiger partial charge on any atom is -0.382 e. The molecule has 0 radical (unpaired) electrons. The molecule has 0 saturated heterocycles. The number of aryl methyl sites for hydroxylation is 1. The van der Waals surface area contributed by atoms with Gasteiger partial charge in [0.15, 0.2) is 0 Å². The van der Waals surface area contributed by atoms with Crippen molar-refractivity contribution < 1.29 is 0 Å². The second-order valence-electron chi connectivity index (χ2n) is 4.10.